The van der Waals surface area contributed by atoms with E-state index in [4.69, 9.17) is 23.7 Å². The number of carbonyl (C=O) groups is 2. The van der Waals surface area contributed by atoms with E-state index in [0.717, 1.165) is 5.56 Å². The van der Waals surface area contributed by atoms with Crippen LogP contribution in [-0.4, -0.2) is 46.0 Å². The third-order valence-corrected chi connectivity index (χ3v) is 2.99. The average Bonchev–Trinajstić information content (AvgIpc) is 2.50. The van der Waals surface area contributed by atoms with Crippen LogP contribution in [0.15, 0.2) is 12.1 Å². The fourth-order valence-corrected chi connectivity index (χ4v) is 2.10. The summed E-state index contributed by atoms with van der Waals surface area (Å²) in [5.41, 5.74) is 0.790. The highest BCUT2D eigenvalue weighted by molar-refractivity contribution is 5.67. The van der Waals surface area contributed by atoms with Gasteiger partial charge in [0.15, 0.2) is 11.5 Å². The minimum absolute atomic E-state index is 0.0222. The van der Waals surface area contributed by atoms with Gasteiger partial charge in [-0.25, -0.2) is 0 Å². The summed E-state index contributed by atoms with van der Waals surface area (Å²) in [4.78, 5) is 22.2. The zero-order valence-electron chi connectivity index (χ0n) is 14.0. The maximum atomic E-state index is 11.2. The maximum absolute atomic E-state index is 11.2. The summed E-state index contributed by atoms with van der Waals surface area (Å²) in [5, 5.41) is 0. The van der Waals surface area contributed by atoms with E-state index in [1.807, 2.05) is 0 Å². The maximum Gasteiger partial charge on any atom is 0.303 e. The van der Waals surface area contributed by atoms with Gasteiger partial charge in [0.2, 0.25) is 5.75 Å². The molecule has 7 heteroatoms. The quantitative estimate of drug-likeness (QED) is 0.673. The Balaban J connectivity index is 3.01. The van der Waals surface area contributed by atoms with Crippen LogP contribution in [0.3, 0.4) is 0 Å². The fourth-order valence-electron chi connectivity index (χ4n) is 2.10. The molecule has 0 saturated carbocycles. The van der Waals surface area contributed by atoms with Crippen molar-refractivity contribution in [2.45, 2.75) is 26.4 Å². The lowest BCUT2D eigenvalue weighted by atomic mass is 10.1. The second kappa shape index (κ2) is 8.87. The molecule has 0 aromatic heterocycles. The van der Waals surface area contributed by atoms with Crippen LogP contribution in [0, 0.1) is 0 Å². The molecule has 0 radical (unpaired) electrons. The van der Waals surface area contributed by atoms with Crippen molar-refractivity contribution < 1.29 is 33.3 Å². The van der Waals surface area contributed by atoms with Crippen LogP contribution in [0.25, 0.3) is 0 Å². The van der Waals surface area contributed by atoms with Crippen LogP contribution < -0.4 is 14.2 Å². The summed E-state index contributed by atoms with van der Waals surface area (Å²) < 4.78 is 25.9. The van der Waals surface area contributed by atoms with Crippen LogP contribution in [0.1, 0.15) is 19.4 Å². The SMILES string of the molecule is COc1cc(CC(COC(C)=O)OC(C)=O)cc(OC)c1OC. The van der Waals surface area contributed by atoms with Gasteiger partial charge < -0.3 is 23.7 Å². The molecule has 23 heavy (non-hydrogen) atoms. The van der Waals surface area contributed by atoms with E-state index in [9.17, 15) is 9.59 Å². The Morgan fingerprint density at radius 1 is 0.957 bits per heavy atom. The molecule has 0 N–H and O–H groups in total. The number of rotatable bonds is 8. The van der Waals surface area contributed by atoms with Gasteiger partial charge in [-0.15, -0.1) is 0 Å². The standard InChI is InChI=1S/C16H22O7/c1-10(17)22-9-13(23-11(2)18)6-12-7-14(19-3)16(21-5)15(8-12)20-4/h7-8,13H,6,9H2,1-5H3. The third kappa shape index (κ3) is 5.69. The molecule has 0 aliphatic carbocycles. The van der Waals surface area contributed by atoms with E-state index >= 15 is 0 Å². The molecule has 1 unspecified atom stereocenters. The number of hydrogen-bond acceptors (Lipinski definition) is 7. The first-order chi connectivity index (χ1) is 10.9. The zero-order valence-corrected chi connectivity index (χ0v) is 14.0. The van der Waals surface area contributed by atoms with Gasteiger partial charge in [0.05, 0.1) is 21.3 Å². The lowest BCUT2D eigenvalue weighted by molar-refractivity contribution is -0.156. The van der Waals surface area contributed by atoms with Crippen LogP contribution in [0.2, 0.25) is 0 Å². The average molecular weight is 326 g/mol. The molecule has 1 aromatic carbocycles. The molecular formula is C16H22O7. The van der Waals surface area contributed by atoms with Gasteiger partial charge >= 0.3 is 11.9 Å². The molecule has 0 amide bonds. The largest absolute Gasteiger partial charge is 0.493 e. The molecule has 0 spiro atoms. The Labute approximate surface area is 135 Å². The van der Waals surface area contributed by atoms with Crippen molar-refractivity contribution in [3.05, 3.63) is 17.7 Å². The topological polar surface area (TPSA) is 80.3 Å². The molecule has 1 aromatic rings. The van der Waals surface area contributed by atoms with Crippen LogP contribution in [-0.2, 0) is 25.5 Å². The summed E-state index contributed by atoms with van der Waals surface area (Å²) in [7, 11) is 4.55. The first-order valence-electron chi connectivity index (χ1n) is 7.00. The lowest BCUT2D eigenvalue weighted by Gasteiger charge is -2.19. The molecule has 0 saturated heterocycles. The highest BCUT2D eigenvalue weighted by atomic mass is 16.6. The van der Waals surface area contributed by atoms with Crippen molar-refractivity contribution in [3.63, 3.8) is 0 Å². The second-order valence-electron chi connectivity index (χ2n) is 4.77. The second-order valence-corrected chi connectivity index (χ2v) is 4.77. The number of ether oxygens (including phenoxy) is 5. The van der Waals surface area contributed by atoms with Crippen molar-refractivity contribution >= 4 is 11.9 Å². The Morgan fingerprint density at radius 3 is 1.91 bits per heavy atom. The number of carbonyl (C=O) groups excluding carboxylic acids is 2. The Hall–Kier alpha value is -2.44. The number of methoxy groups -OCH3 is 3. The number of hydrogen-bond donors (Lipinski definition) is 0. The summed E-state index contributed by atoms with van der Waals surface area (Å²) in [6.07, 6.45) is -0.261. The Kier molecular flexibility index (Phi) is 7.18. The van der Waals surface area contributed by atoms with Gasteiger partial charge in [-0.2, -0.15) is 0 Å². The third-order valence-electron chi connectivity index (χ3n) is 2.99. The zero-order chi connectivity index (χ0) is 17.4. The molecular weight excluding hydrogens is 304 g/mol. The molecule has 0 aliphatic heterocycles. The van der Waals surface area contributed by atoms with Crippen LogP contribution in [0.5, 0.6) is 17.2 Å². The lowest BCUT2D eigenvalue weighted by Crippen LogP contribution is -2.26. The molecule has 1 atom stereocenters. The fraction of sp³-hybridized carbons (Fsp3) is 0.500. The van der Waals surface area contributed by atoms with E-state index in [2.05, 4.69) is 0 Å². The molecule has 0 aliphatic rings. The van der Waals surface area contributed by atoms with Gasteiger partial charge in [-0.3, -0.25) is 9.59 Å². The van der Waals surface area contributed by atoms with E-state index in [1.165, 1.54) is 35.2 Å². The smallest absolute Gasteiger partial charge is 0.303 e. The summed E-state index contributed by atoms with van der Waals surface area (Å²) >= 11 is 0. The van der Waals surface area contributed by atoms with E-state index < -0.39 is 18.0 Å². The predicted molar refractivity (Wildman–Crippen MR) is 82.0 cm³/mol. The van der Waals surface area contributed by atoms with E-state index in [1.54, 1.807) is 12.1 Å². The van der Waals surface area contributed by atoms with Crippen LogP contribution >= 0.6 is 0 Å². The monoisotopic (exact) mass is 326 g/mol. The minimum Gasteiger partial charge on any atom is -0.493 e. The predicted octanol–water partition coefficient (Wildman–Crippen LogP) is 1.75. The van der Waals surface area contributed by atoms with E-state index in [0.29, 0.717) is 23.7 Å². The van der Waals surface area contributed by atoms with Gasteiger partial charge in [-0.1, -0.05) is 0 Å². The van der Waals surface area contributed by atoms with Gasteiger partial charge in [0.1, 0.15) is 12.7 Å². The molecule has 128 valence electrons. The highest BCUT2D eigenvalue weighted by Crippen LogP contribution is 2.38. The molecule has 0 heterocycles. The van der Waals surface area contributed by atoms with Crippen LogP contribution in [0.4, 0.5) is 0 Å². The van der Waals surface area contributed by atoms with Crippen molar-refractivity contribution in [1.29, 1.82) is 0 Å². The summed E-state index contributed by atoms with van der Waals surface area (Å²) in [6.45, 7) is 2.58. The van der Waals surface area contributed by atoms with E-state index in [-0.39, 0.29) is 6.61 Å². The van der Waals surface area contributed by atoms with Gasteiger partial charge in [0.25, 0.3) is 0 Å². The Morgan fingerprint density at radius 2 is 1.52 bits per heavy atom. The molecule has 0 fully saturated rings. The van der Waals surface area contributed by atoms with Crippen molar-refractivity contribution in [2.75, 3.05) is 27.9 Å². The van der Waals surface area contributed by atoms with Gasteiger partial charge in [0, 0.05) is 20.3 Å². The normalized spacial score (nSPS) is 11.3. The minimum atomic E-state index is -0.598. The molecule has 0 bridgehead atoms. The summed E-state index contributed by atoms with van der Waals surface area (Å²) in [6, 6.07) is 3.51. The summed E-state index contributed by atoms with van der Waals surface area (Å²) in [5.74, 6) is 0.580. The van der Waals surface area contributed by atoms with Crippen molar-refractivity contribution in [1.82, 2.24) is 0 Å². The number of benzene rings is 1. The molecule has 1 rings (SSSR count). The van der Waals surface area contributed by atoms with Gasteiger partial charge in [-0.05, 0) is 17.7 Å². The van der Waals surface area contributed by atoms with Crippen molar-refractivity contribution in [2.24, 2.45) is 0 Å². The Bertz CT molecular complexity index is 528. The highest BCUT2D eigenvalue weighted by Gasteiger charge is 2.19. The first-order valence-corrected chi connectivity index (χ1v) is 7.00. The molecule has 7 nitrogen and oxygen atoms in total. The first kappa shape index (κ1) is 18.6. The number of esters is 2. The van der Waals surface area contributed by atoms with Crippen molar-refractivity contribution in [3.8, 4) is 17.2 Å².